The van der Waals surface area contributed by atoms with Gasteiger partial charge in [0, 0.05) is 11.4 Å². The largest absolute Gasteiger partial charge is 0.381 e. The maximum atomic E-state index is 12.0. The highest BCUT2D eigenvalue weighted by Crippen LogP contribution is 2.25. The van der Waals surface area contributed by atoms with Gasteiger partial charge >= 0.3 is 5.97 Å². The van der Waals surface area contributed by atoms with Crippen LogP contribution in [0.1, 0.15) is 32.8 Å². The Hall–Kier alpha value is -1.88. The highest BCUT2D eigenvalue weighted by Gasteiger charge is 2.43. The van der Waals surface area contributed by atoms with Crippen LogP contribution in [0.3, 0.4) is 0 Å². The lowest BCUT2D eigenvalue weighted by Crippen LogP contribution is -2.36. The van der Waals surface area contributed by atoms with Gasteiger partial charge in [-0.2, -0.15) is 0 Å². The first kappa shape index (κ1) is 14.5. The number of halogens is 1. The summed E-state index contributed by atoms with van der Waals surface area (Å²) < 4.78 is 0. The number of nitrogens with zero attached hydrogens (tertiary/aromatic N) is 2. The predicted molar refractivity (Wildman–Crippen MR) is 77.0 cm³/mol. The molecule has 6 heteroatoms. The average molecular weight is 295 g/mol. The van der Waals surface area contributed by atoms with Crippen molar-refractivity contribution in [3.05, 3.63) is 34.9 Å². The van der Waals surface area contributed by atoms with Gasteiger partial charge in [0.15, 0.2) is 0 Å². The fourth-order valence-electron chi connectivity index (χ4n) is 1.79. The zero-order chi connectivity index (χ0) is 14.8. The lowest BCUT2D eigenvalue weighted by atomic mass is 10.0. The van der Waals surface area contributed by atoms with E-state index < -0.39 is 11.6 Å². The van der Waals surface area contributed by atoms with Gasteiger partial charge in [-0.15, -0.1) is 0 Å². The number of hydrogen-bond acceptors (Lipinski definition) is 5. The minimum Gasteiger partial charge on any atom is -0.377 e. The highest BCUT2D eigenvalue weighted by molar-refractivity contribution is 6.30. The normalized spacial score (nSPS) is 22.2. The summed E-state index contributed by atoms with van der Waals surface area (Å²) in [5, 5.41) is 8.23. The van der Waals surface area contributed by atoms with E-state index in [1.807, 2.05) is 0 Å². The van der Waals surface area contributed by atoms with E-state index in [1.54, 1.807) is 45.0 Å². The first-order valence-electron chi connectivity index (χ1n) is 6.14. The third-order valence-corrected chi connectivity index (χ3v) is 3.21. The second-order valence-corrected chi connectivity index (χ2v) is 5.32. The van der Waals surface area contributed by atoms with Crippen molar-refractivity contribution in [1.82, 2.24) is 0 Å². The van der Waals surface area contributed by atoms with Crippen LogP contribution in [0.15, 0.2) is 34.6 Å². The van der Waals surface area contributed by atoms with E-state index in [0.717, 1.165) is 11.3 Å². The molecule has 0 aliphatic carbocycles. The minimum atomic E-state index is -1.09. The third kappa shape index (κ3) is 3.17. The van der Waals surface area contributed by atoms with E-state index in [0.29, 0.717) is 17.2 Å². The van der Waals surface area contributed by atoms with E-state index in [4.69, 9.17) is 21.3 Å². The van der Waals surface area contributed by atoms with Gasteiger partial charge in [0.05, 0.1) is 11.4 Å². The fraction of sp³-hybridized carbons (Fsp3) is 0.357. The van der Waals surface area contributed by atoms with Crippen LogP contribution in [0, 0.1) is 0 Å². The molecule has 0 N–H and O–H groups in total. The SMILES string of the molecule is CC1=NOC(C)(C(=O)O/N=C(\C)c2ccc(Cl)cc2)C1. The standard InChI is InChI=1S/C14H15ClN2O3/c1-9-8-14(3,20-16-9)13(18)19-17-10(2)11-4-6-12(15)7-5-11/h4-7H,8H2,1-3H3/b17-10+. The van der Waals surface area contributed by atoms with Gasteiger partial charge in [0.25, 0.3) is 0 Å². The Balaban J connectivity index is 2.02. The van der Waals surface area contributed by atoms with Crippen molar-refractivity contribution >= 4 is 29.0 Å². The molecule has 0 aromatic heterocycles. The quantitative estimate of drug-likeness (QED) is 0.489. The van der Waals surface area contributed by atoms with Crippen molar-refractivity contribution in [1.29, 1.82) is 0 Å². The van der Waals surface area contributed by atoms with E-state index in [-0.39, 0.29) is 0 Å². The molecule has 0 bridgehead atoms. The molecule has 0 amide bonds. The summed E-state index contributed by atoms with van der Waals surface area (Å²) in [7, 11) is 0. The topological polar surface area (TPSA) is 60.2 Å². The number of oxime groups is 2. The molecule has 106 valence electrons. The van der Waals surface area contributed by atoms with Gasteiger partial charge in [0.1, 0.15) is 0 Å². The molecule has 2 rings (SSSR count). The summed E-state index contributed by atoms with van der Waals surface area (Å²) >= 11 is 5.81. The maximum Gasteiger partial charge on any atom is 0.381 e. The number of benzene rings is 1. The maximum absolute atomic E-state index is 12.0. The summed E-state index contributed by atoms with van der Waals surface area (Å²) in [6.45, 7) is 5.17. The van der Waals surface area contributed by atoms with Crippen molar-refractivity contribution in [2.75, 3.05) is 0 Å². The molecular weight excluding hydrogens is 280 g/mol. The van der Waals surface area contributed by atoms with Crippen LogP contribution >= 0.6 is 11.6 Å². The molecule has 1 aromatic carbocycles. The highest BCUT2D eigenvalue weighted by atomic mass is 35.5. The Morgan fingerprint density at radius 2 is 2.10 bits per heavy atom. The Kier molecular flexibility index (Phi) is 4.09. The lowest BCUT2D eigenvalue weighted by Gasteiger charge is -2.16. The molecule has 20 heavy (non-hydrogen) atoms. The monoisotopic (exact) mass is 294 g/mol. The van der Waals surface area contributed by atoms with Crippen LogP contribution in [0.25, 0.3) is 0 Å². The molecule has 1 aliphatic rings. The number of carbonyl (C=O) groups excluding carboxylic acids is 1. The van der Waals surface area contributed by atoms with Crippen LogP contribution < -0.4 is 0 Å². The van der Waals surface area contributed by atoms with Gasteiger partial charge < -0.3 is 9.68 Å². The van der Waals surface area contributed by atoms with Crippen molar-refractivity contribution in [2.24, 2.45) is 10.3 Å². The second-order valence-electron chi connectivity index (χ2n) is 4.89. The molecule has 1 heterocycles. The van der Waals surface area contributed by atoms with Gasteiger partial charge in [0.2, 0.25) is 5.60 Å². The molecule has 1 aliphatic heterocycles. The molecular formula is C14H15ClN2O3. The van der Waals surface area contributed by atoms with Crippen LogP contribution in [0.4, 0.5) is 0 Å². The van der Waals surface area contributed by atoms with E-state index >= 15 is 0 Å². The first-order valence-corrected chi connectivity index (χ1v) is 6.52. The van der Waals surface area contributed by atoms with Crippen molar-refractivity contribution in [2.45, 2.75) is 32.8 Å². The van der Waals surface area contributed by atoms with E-state index in [2.05, 4.69) is 10.3 Å². The van der Waals surface area contributed by atoms with Crippen molar-refractivity contribution < 1.29 is 14.5 Å². The second kappa shape index (κ2) is 5.63. The smallest absolute Gasteiger partial charge is 0.377 e. The van der Waals surface area contributed by atoms with Crippen LogP contribution in [0.2, 0.25) is 5.02 Å². The number of carbonyl (C=O) groups is 1. The summed E-state index contributed by atoms with van der Waals surface area (Å²) in [4.78, 5) is 22.0. The summed E-state index contributed by atoms with van der Waals surface area (Å²) in [5.74, 6) is -0.564. The Labute approximate surface area is 122 Å². The molecule has 0 fully saturated rings. The van der Waals surface area contributed by atoms with Crippen LogP contribution in [-0.4, -0.2) is 23.0 Å². The lowest BCUT2D eigenvalue weighted by molar-refractivity contribution is -0.167. The number of hydrogen-bond donors (Lipinski definition) is 0. The fourth-order valence-corrected chi connectivity index (χ4v) is 1.92. The zero-order valence-corrected chi connectivity index (χ0v) is 12.3. The zero-order valence-electron chi connectivity index (χ0n) is 11.5. The summed E-state index contributed by atoms with van der Waals surface area (Å²) in [6, 6.07) is 7.10. The Morgan fingerprint density at radius 3 is 2.65 bits per heavy atom. The third-order valence-electron chi connectivity index (χ3n) is 2.96. The van der Waals surface area contributed by atoms with Gasteiger partial charge in [-0.25, -0.2) is 4.79 Å². The molecule has 1 aromatic rings. The van der Waals surface area contributed by atoms with Gasteiger partial charge in [-0.05, 0) is 38.5 Å². The van der Waals surface area contributed by atoms with Crippen LogP contribution in [-0.2, 0) is 14.5 Å². The first-order chi connectivity index (χ1) is 9.40. The number of rotatable bonds is 3. The summed E-state index contributed by atoms with van der Waals surface area (Å²) in [6.07, 6.45) is 0.404. The van der Waals surface area contributed by atoms with Crippen LogP contribution in [0.5, 0.6) is 0 Å². The van der Waals surface area contributed by atoms with Crippen molar-refractivity contribution in [3.63, 3.8) is 0 Å². The molecule has 0 spiro atoms. The van der Waals surface area contributed by atoms with E-state index in [9.17, 15) is 4.79 Å². The predicted octanol–water partition coefficient (Wildman–Crippen LogP) is 3.16. The average Bonchev–Trinajstić information content (AvgIpc) is 2.77. The van der Waals surface area contributed by atoms with E-state index in [1.165, 1.54) is 0 Å². The molecule has 5 nitrogen and oxygen atoms in total. The van der Waals surface area contributed by atoms with Gasteiger partial charge in [-0.3, -0.25) is 0 Å². The molecule has 1 unspecified atom stereocenters. The molecule has 1 atom stereocenters. The summed E-state index contributed by atoms with van der Waals surface area (Å²) in [5.41, 5.74) is 1.07. The molecule has 0 saturated heterocycles. The minimum absolute atomic E-state index is 0.404. The van der Waals surface area contributed by atoms with Crippen molar-refractivity contribution in [3.8, 4) is 0 Å². The Bertz CT molecular complexity index is 581. The molecule has 0 saturated carbocycles. The Morgan fingerprint density at radius 1 is 1.45 bits per heavy atom. The van der Waals surface area contributed by atoms with Gasteiger partial charge in [-0.1, -0.05) is 34.0 Å². The molecule has 0 radical (unpaired) electrons.